The van der Waals surface area contributed by atoms with Gasteiger partial charge in [-0.15, -0.1) is 0 Å². The molecular formula is C7H15I. The number of hydrogen-bond acceptors (Lipinski definition) is 0. The van der Waals surface area contributed by atoms with Gasteiger partial charge in [-0.1, -0.05) is 50.3 Å². The molecule has 0 aliphatic rings. The van der Waals surface area contributed by atoms with Crippen molar-refractivity contribution in [3.8, 4) is 0 Å². The Labute approximate surface area is 66.2 Å². The number of rotatable bonds is 1. The minimum absolute atomic E-state index is 0.501. The van der Waals surface area contributed by atoms with Crippen LogP contribution < -0.4 is 0 Å². The largest absolute Gasteiger partial charge is 0.0861 e. The molecule has 0 N–H and O–H groups in total. The standard InChI is InChI=1S/C7H15I/c1-6(5-8)7(2,3)4/h6H,5H2,1-4H3/t6-/m0/s1. The summed E-state index contributed by atoms with van der Waals surface area (Å²) in [5.74, 6) is 0.836. The summed E-state index contributed by atoms with van der Waals surface area (Å²) in [7, 11) is 0. The lowest BCUT2D eigenvalue weighted by Gasteiger charge is -2.24. The van der Waals surface area contributed by atoms with E-state index in [1.54, 1.807) is 0 Å². The smallest absolute Gasteiger partial charge is 0.00260 e. The van der Waals surface area contributed by atoms with Crippen LogP contribution in [0, 0.1) is 11.3 Å². The van der Waals surface area contributed by atoms with Gasteiger partial charge >= 0.3 is 0 Å². The molecule has 0 nitrogen and oxygen atoms in total. The fraction of sp³-hybridized carbons (Fsp3) is 1.00. The van der Waals surface area contributed by atoms with Crippen LogP contribution in [0.25, 0.3) is 0 Å². The number of halogens is 1. The maximum absolute atomic E-state index is 2.44. The van der Waals surface area contributed by atoms with Crippen molar-refractivity contribution in [2.75, 3.05) is 4.43 Å². The zero-order valence-electron chi connectivity index (χ0n) is 6.16. The van der Waals surface area contributed by atoms with E-state index in [0.717, 1.165) is 5.92 Å². The van der Waals surface area contributed by atoms with Crippen molar-refractivity contribution in [2.24, 2.45) is 11.3 Å². The molecule has 0 heterocycles. The summed E-state index contributed by atoms with van der Waals surface area (Å²) in [4.78, 5) is 0. The molecule has 8 heavy (non-hydrogen) atoms. The first-order valence-corrected chi connectivity index (χ1v) is 4.57. The molecule has 0 unspecified atom stereocenters. The van der Waals surface area contributed by atoms with Crippen LogP contribution >= 0.6 is 22.6 Å². The van der Waals surface area contributed by atoms with E-state index < -0.39 is 0 Å². The van der Waals surface area contributed by atoms with E-state index in [-0.39, 0.29) is 0 Å². The molecule has 0 saturated carbocycles. The van der Waals surface area contributed by atoms with Crippen molar-refractivity contribution in [3.05, 3.63) is 0 Å². The molecule has 0 bridgehead atoms. The maximum Gasteiger partial charge on any atom is 0.00260 e. The zero-order valence-corrected chi connectivity index (χ0v) is 8.32. The molecule has 0 radical (unpaired) electrons. The van der Waals surface area contributed by atoms with Gasteiger partial charge in [0.2, 0.25) is 0 Å². The van der Waals surface area contributed by atoms with Crippen molar-refractivity contribution in [1.29, 1.82) is 0 Å². The molecule has 0 aromatic carbocycles. The molecule has 0 aromatic rings. The molecule has 1 heteroatoms. The molecule has 0 aliphatic carbocycles. The van der Waals surface area contributed by atoms with Gasteiger partial charge in [-0.3, -0.25) is 0 Å². The Morgan fingerprint density at radius 3 is 1.75 bits per heavy atom. The molecule has 0 spiro atoms. The zero-order chi connectivity index (χ0) is 6.78. The van der Waals surface area contributed by atoms with Crippen LogP contribution in [0.5, 0.6) is 0 Å². The van der Waals surface area contributed by atoms with Gasteiger partial charge in [0, 0.05) is 4.43 Å². The van der Waals surface area contributed by atoms with E-state index in [2.05, 4.69) is 50.3 Å². The van der Waals surface area contributed by atoms with Crippen LogP contribution in [-0.2, 0) is 0 Å². The fourth-order valence-corrected chi connectivity index (χ4v) is 1.55. The molecular weight excluding hydrogens is 211 g/mol. The van der Waals surface area contributed by atoms with Gasteiger partial charge in [0.15, 0.2) is 0 Å². The molecule has 50 valence electrons. The highest BCUT2D eigenvalue weighted by atomic mass is 127. The number of hydrogen-bond donors (Lipinski definition) is 0. The van der Waals surface area contributed by atoms with Gasteiger partial charge in [0.1, 0.15) is 0 Å². The van der Waals surface area contributed by atoms with Crippen LogP contribution in [0.4, 0.5) is 0 Å². The first-order chi connectivity index (χ1) is 3.48. The Morgan fingerprint density at radius 1 is 1.38 bits per heavy atom. The van der Waals surface area contributed by atoms with Crippen LogP contribution in [0.15, 0.2) is 0 Å². The van der Waals surface area contributed by atoms with Crippen LogP contribution in [-0.4, -0.2) is 4.43 Å². The molecule has 0 saturated heterocycles. The van der Waals surface area contributed by atoms with E-state index in [0.29, 0.717) is 5.41 Å². The fourth-order valence-electron chi connectivity index (χ4n) is 0.231. The maximum atomic E-state index is 2.44. The molecule has 0 amide bonds. The van der Waals surface area contributed by atoms with Crippen LogP contribution in [0.1, 0.15) is 27.7 Å². The van der Waals surface area contributed by atoms with Crippen molar-refractivity contribution >= 4 is 22.6 Å². The second kappa shape index (κ2) is 3.04. The van der Waals surface area contributed by atoms with Gasteiger partial charge in [-0.25, -0.2) is 0 Å². The lowest BCUT2D eigenvalue weighted by molar-refractivity contribution is 0.292. The van der Waals surface area contributed by atoms with E-state index >= 15 is 0 Å². The summed E-state index contributed by atoms with van der Waals surface area (Å²) < 4.78 is 1.27. The van der Waals surface area contributed by atoms with Gasteiger partial charge in [0.25, 0.3) is 0 Å². The third-order valence-electron chi connectivity index (χ3n) is 1.71. The summed E-state index contributed by atoms with van der Waals surface area (Å²) in [5, 5.41) is 0. The minimum atomic E-state index is 0.501. The van der Waals surface area contributed by atoms with Gasteiger partial charge in [0.05, 0.1) is 0 Å². The topological polar surface area (TPSA) is 0 Å². The lowest BCUT2D eigenvalue weighted by Crippen LogP contribution is -2.17. The second-order valence-electron chi connectivity index (χ2n) is 3.42. The highest BCUT2D eigenvalue weighted by molar-refractivity contribution is 14.1. The third-order valence-corrected chi connectivity index (χ3v) is 3.03. The van der Waals surface area contributed by atoms with Crippen molar-refractivity contribution in [3.63, 3.8) is 0 Å². The monoisotopic (exact) mass is 226 g/mol. The van der Waals surface area contributed by atoms with E-state index in [1.807, 2.05) is 0 Å². The average molecular weight is 226 g/mol. The summed E-state index contributed by atoms with van der Waals surface area (Å²) in [6.07, 6.45) is 0. The minimum Gasteiger partial charge on any atom is -0.0861 e. The summed E-state index contributed by atoms with van der Waals surface area (Å²) >= 11 is 2.44. The quantitative estimate of drug-likeness (QED) is 0.476. The molecule has 0 rings (SSSR count). The number of alkyl halides is 1. The van der Waals surface area contributed by atoms with E-state index in [9.17, 15) is 0 Å². The highest BCUT2D eigenvalue weighted by Crippen LogP contribution is 2.26. The van der Waals surface area contributed by atoms with Crippen molar-refractivity contribution < 1.29 is 0 Å². The Hall–Kier alpha value is 0.730. The first-order valence-electron chi connectivity index (χ1n) is 3.04. The second-order valence-corrected chi connectivity index (χ2v) is 4.30. The van der Waals surface area contributed by atoms with E-state index in [1.165, 1.54) is 4.43 Å². The van der Waals surface area contributed by atoms with Gasteiger partial charge < -0.3 is 0 Å². The third kappa shape index (κ3) is 2.90. The molecule has 0 fully saturated rings. The lowest BCUT2D eigenvalue weighted by atomic mass is 9.84. The Morgan fingerprint density at radius 2 is 1.75 bits per heavy atom. The summed E-state index contributed by atoms with van der Waals surface area (Å²) in [5.41, 5.74) is 0.501. The predicted octanol–water partition coefficient (Wildman–Crippen LogP) is 3.10. The Bertz CT molecular complexity index is 61.3. The Balaban J connectivity index is 3.62. The highest BCUT2D eigenvalue weighted by Gasteiger charge is 2.17. The van der Waals surface area contributed by atoms with Crippen molar-refractivity contribution in [1.82, 2.24) is 0 Å². The molecule has 1 atom stereocenters. The van der Waals surface area contributed by atoms with Gasteiger partial charge in [-0.05, 0) is 11.3 Å². The van der Waals surface area contributed by atoms with E-state index in [4.69, 9.17) is 0 Å². The van der Waals surface area contributed by atoms with Crippen LogP contribution in [0.2, 0.25) is 0 Å². The van der Waals surface area contributed by atoms with Crippen LogP contribution in [0.3, 0.4) is 0 Å². The SMILES string of the molecule is C[C@@H](CI)C(C)(C)C. The van der Waals surface area contributed by atoms with Crippen molar-refractivity contribution in [2.45, 2.75) is 27.7 Å². The average Bonchev–Trinajstić information content (AvgIpc) is 1.62. The summed E-state index contributed by atoms with van der Waals surface area (Å²) in [6.45, 7) is 9.16. The predicted molar refractivity (Wildman–Crippen MR) is 47.5 cm³/mol. The normalized spacial score (nSPS) is 16.1. The van der Waals surface area contributed by atoms with Gasteiger partial charge in [-0.2, -0.15) is 0 Å². The molecule has 0 aliphatic heterocycles. The molecule has 0 aromatic heterocycles. The first kappa shape index (κ1) is 8.73. The Kier molecular flexibility index (Phi) is 3.32. The summed E-state index contributed by atoms with van der Waals surface area (Å²) in [6, 6.07) is 0.